The maximum absolute atomic E-state index is 8.35. The molecule has 6 aromatic carbocycles. The minimum atomic E-state index is 0.805. The van der Waals surface area contributed by atoms with Crippen LogP contribution in [0, 0.1) is 5.41 Å². The molecule has 8 rings (SSSR count). The molecule has 208 valence electrons. The molecule has 0 amide bonds. The summed E-state index contributed by atoms with van der Waals surface area (Å²) in [4.78, 5) is 0. The SMILES string of the molecule is C=C(/C=C(\C=N)c1cccc(-n2c3ccccc3c3ccccc32)c1)c1cccc(-n2c3ccccc3c3ccccc32)c1. The molecule has 8 aromatic rings. The van der Waals surface area contributed by atoms with Crippen molar-refractivity contribution in [2.75, 3.05) is 0 Å². The van der Waals surface area contributed by atoms with Crippen molar-refractivity contribution < 1.29 is 0 Å². The zero-order valence-electron chi connectivity index (χ0n) is 24.1. The van der Waals surface area contributed by atoms with E-state index in [1.165, 1.54) is 38.8 Å². The Morgan fingerprint density at radius 3 is 1.30 bits per heavy atom. The van der Waals surface area contributed by atoms with Crippen molar-refractivity contribution in [3.8, 4) is 11.4 Å². The number of hydrogen-bond acceptors (Lipinski definition) is 1. The highest BCUT2D eigenvalue weighted by Crippen LogP contribution is 2.34. The molecule has 1 N–H and O–H groups in total. The average Bonchev–Trinajstić information content (AvgIpc) is 3.60. The van der Waals surface area contributed by atoms with Gasteiger partial charge >= 0.3 is 0 Å². The van der Waals surface area contributed by atoms with E-state index >= 15 is 0 Å². The highest BCUT2D eigenvalue weighted by atomic mass is 15.0. The lowest BCUT2D eigenvalue weighted by Crippen LogP contribution is -1.96. The van der Waals surface area contributed by atoms with Crippen LogP contribution in [0.5, 0.6) is 0 Å². The topological polar surface area (TPSA) is 33.7 Å². The number of aromatic nitrogens is 2. The van der Waals surface area contributed by atoms with Crippen molar-refractivity contribution in [2.24, 2.45) is 0 Å². The van der Waals surface area contributed by atoms with E-state index in [0.29, 0.717) is 0 Å². The number of nitrogens with zero attached hydrogens (tertiary/aromatic N) is 2. The molecule has 0 saturated heterocycles. The van der Waals surface area contributed by atoms with Crippen LogP contribution in [0.3, 0.4) is 0 Å². The van der Waals surface area contributed by atoms with Gasteiger partial charge in [-0.2, -0.15) is 0 Å². The van der Waals surface area contributed by atoms with E-state index in [2.05, 4.69) is 161 Å². The molecular weight excluding hydrogens is 534 g/mol. The lowest BCUT2D eigenvalue weighted by Gasteiger charge is -2.12. The van der Waals surface area contributed by atoms with Gasteiger partial charge in [-0.3, -0.25) is 0 Å². The van der Waals surface area contributed by atoms with Crippen LogP contribution in [0.2, 0.25) is 0 Å². The molecule has 2 aromatic heterocycles. The minimum absolute atomic E-state index is 0.805. The van der Waals surface area contributed by atoms with Crippen molar-refractivity contribution in [2.45, 2.75) is 0 Å². The Hall–Kier alpha value is -5.93. The van der Waals surface area contributed by atoms with Crippen molar-refractivity contribution in [1.82, 2.24) is 9.13 Å². The minimum Gasteiger partial charge on any atom is -0.309 e. The summed E-state index contributed by atoms with van der Waals surface area (Å²) in [7, 11) is 0. The summed E-state index contributed by atoms with van der Waals surface area (Å²) in [5.41, 5.74) is 10.5. The van der Waals surface area contributed by atoms with Gasteiger partial charge in [-0.05, 0) is 76.9 Å². The van der Waals surface area contributed by atoms with E-state index in [1.54, 1.807) is 0 Å². The number of benzene rings is 6. The van der Waals surface area contributed by atoms with Crippen molar-refractivity contribution >= 4 is 61.0 Å². The molecule has 0 radical (unpaired) electrons. The third-order valence-corrected chi connectivity index (χ3v) is 8.56. The predicted molar refractivity (Wildman–Crippen MR) is 187 cm³/mol. The summed E-state index contributed by atoms with van der Waals surface area (Å²) in [6, 6.07) is 51.1. The fraction of sp³-hybridized carbons (Fsp3) is 0. The van der Waals surface area contributed by atoms with Crippen molar-refractivity contribution in [1.29, 1.82) is 5.41 Å². The van der Waals surface area contributed by atoms with E-state index in [4.69, 9.17) is 5.41 Å². The Morgan fingerprint density at radius 2 is 0.864 bits per heavy atom. The highest BCUT2D eigenvalue weighted by molar-refractivity contribution is 6.13. The molecule has 0 bridgehead atoms. The van der Waals surface area contributed by atoms with Crippen LogP contribution in [0.25, 0.3) is 66.1 Å². The number of nitrogens with one attached hydrogen (secondary N) is 1. The Labute approximate surface area is 255 Å². The van der Waals surface area contributed by atoms with Gasteiger partial charge in [-0.25, -0.2) is 0 Å². The molecule has 0 aliphatic heterocycles. The van der Waals surface area contributed by atoms with Crippen LogP contribution < -0.4 is 0 Å². The maximum Gasteiger partial charge on any atom is 0.0541 e. The van der Waals surface area contributed by atoms with E-state index < -0.39 is 0 Å². The molecule has 0 aliphatic rings. The largest absolute Gasteiger partial charge is 0.309 e. The van der Waals surface area contributed by atoms with Gasteiger partial charge in [0.2, 0.25) is 0 Å². The number of rotatable bonds is 6. The summed E-state index contributed by atoms with van der Waals surface area (Å²) in [6.07, 6.45) is 3.44. The van der Waals surface area contributed by atoms with E-state index in [-0.39, 0.29) is 0 Å². The monoisotopic (exact) mass is 563 g/mol. The van der Waals surface area contributed by atoms with Crippen LogP contribution >= 0.6 is 0 Å². The molecular formula is C41H29N3. The summed E-state index contributed by atoms with van der Waals surface area (Å²) < 4.78 is 4.62. The molecule has 3 heteroatoms. The van der Waals surface area contributed by atoms with Crippen molar-refractivity contribution in [3.63, 3.8) is 0 Å². The maximum atomic E-state index is 8.35. The van der Waals surface area contributed by atoms with Gasteiger partial charge in [0.25, 0.3) is 0 Å². The summed E-state index contributed by atoms with van der Waals surface area (Å²) in [6.45, 7) is 4.45. The lowest BCUT2D eigenvalue weighted by molar-refractivity contribution is 1.18. The number of hydrogen-bond donors (Lipinski definition) is 1. The zero-order chi connectivity index (χ0) is 29.6. The normalized spacial score (nSPS) is 12.0. The molecule has 2 heterocycles. The number of para-hydroxylation sites is 4. The van der Waals surface area contributed by atoms with E-state index in [1.807, 2.05) is 6.08 Å². The average molecular weight is 564 g/mol. The molecule has 0 aliphatic carbocycles. The number of allylic oxidation sites excluding steroid dienone is 3. The van der Waals surface area contributed by atoms with Gasteiger partial charge in [0, 0.05) is 39.1 Å². The lowest BCUT2D eigenvalue weighted by atomic mass is 9.99. The van der Waals surface area contributed by atoms with Gasteiger partial charge in [-0.15, -0.1) is 0 Å². The zero-order valence-corrected chi connectivity index (χ0v) is 24.1. The van der Waals surface area contributed by atoms with Crippen LogP contribution in [-0.4, -0.2) is 15.3 Å². The van der Waals surface area contributed by atoms with Crippen LogP contribution in [-0.2, 0) is 0 Å². The van der Waals surface area contributed by atoms with Gasteiger partial charge in [-0.1, -0.05) is 104 Å². The molecule has 0 spiro atoms. The van der Waals surface area contributed by atoms with Crippen molar-refractivity contribution in [3.05, 3.63) is 169 Å². The van der Waals surface area contributed by atoms with Crippen LogP contribution in [0.4, 0.5) is 0 Å². The predicted octanol–water partition coefficient (Wildman–Crippen LogP) is 10.6. The molecule has 0 atom stereocenters. The summed E-state index contributed by atoms with van der Waals surface area (Å²) >= 11 is 0. The molecule has 44 heavy (non-hydrogen) atoms. The van der Waals surface area contributed by atoms with Crippen LogP contribution in [0.1, 0.15) is 11.1 Å². The smallest absolute Gasteiger partial charge is 0.0541 e. The van der Waals surface area contributed by atoms with Crippen LogP contribution in [0.15, 0.2) is 158 Å². The molecule has 3 nitrogen and oxygen atoms in total. The Morgan fingerprint density at radius 1 is 0.477 bits per heavy atom. The fourth-order valence-electron chi connectivity index (χ4n) is 6.55. The summed E-state index contributed by atoms with van der Waals surface area (Å²) in [5.74, 6) is 0. The third kappa shape index (κ3) is 4.10. The van der Waals surface area contributed by atoms with Gasteiger partial charge in [0.15, 0.2) is 0 Å². The molecule has 0 saturated carbocycles. The first kappa shape index (κ1) is 25.8. The Kier molecular flexibility index (Phi) is 6.09. The summed E-state index contributed by atoms with van der Waals surface area (Å²) in [5, 5.41) is 13.3. The Bertz CT molecular complexity index is 2330. The third-order valence-electron chi connectivity index (χ3n) is 8.56. The number of fused-ring (bicyclic) bond motifs is 6. The first-order valence-corrected chi connectivity index (χ1v) is 14.8. The van der Waals surface area contributed by atoms with Gasteiger partial charge in [0.1, 0.15) is 0 Å². The second kappa shape index (κ2) is 10.4. The molecule has 0 unspecified atom stereocenters. The van der Waals surface area contributed by atoms with E-state index in [9.17, 15) is 0 Å². The molecule has 0 fully saturated rings. The van der Waals surface area contributed by atoms with E-state index in [0.717, 1.165) is 44.7 Å². The standard InChI is InChI=1S/C41H29N3/c1-28(29-12-10-14-32(25-29)43-38-20-6-2-16-34(38)35-17-3-7-21-39(35)43)24-31(27-42)30-13-11-15-33(26-30)44-40-22-8-4-18-36(40)37-19-5-9-23-41(37)44/h2-27,42H,1H2/b31-24+,42-27?. The fourth-order valence-corrected chi connectivity index (χ4v) is 6.55. The van der Waals surface area contributed by atoms with Gasteiger partial charge < -0.3 is 14.5 Å². The second-order valence-electron chi connectivity index (χ2n) is 11.1. The first-order valence-electron chi connectivity index (χ1n) is 14.8. The first-order chi connectivity index (χ1) is 21.7. The quantitative estimate of drug-likeness (QED) is 0.154. The van der Waals surface area contributed by atoms with Gasteiger partial charge in [0.05, 0.1) is 22.1 Å². The highest BCUT2D eigenvalue weighted by Gasteiger charge is 2.14. The Balaban J connectivity index is 1.20. The second-order valence-corrected chi connectivity index (χ2v) is 11.1.